The Hall–Kier alpha value is -0.610. The van der Waals surface area contributed by atoms with Crippen LogP contribution in [0, 0.1) is 5.92 Å². The van der Waals surface area contributed by atoms with Gasteiger partial charge in [-0.25, -0.2) is 0 Å². The Labute approximate surface area is 123 Å². The molecular weight excluding hydrogens is 250 g/mol. The molecule has 20 heavy (non-hydrogen) atoms. The van der Waals surface area contributed by atoms with Gasteiger partial charge in [0.25, 0.3) is 0 Å². The number of rotatable bonds is 7. The van der Waals surface area contributed by atoms with Crippen molar-refractivity contribution in [3.05, 3.63) is 0 Å². The molecule has 116 valence electrons. The third-order valence-electron chi connectivity index (χ3n) is 4.73. The van der Waals surface area contributed by atoms with Gasteiger partial charge in [0.1, 0.15) is 0 Å². The van der Waals surface area contributed by atoms with Crippen LogP contribution in [0.3, 0.4) is 0 Å². The van der Waals surface area contributed by atoms with Gasteiger partial charge in [-0.2, -0.15) is 0 Å². The molecule has 0 heterocycles. The molecule has 0 aromatic heterocycles. The van der Waals surface area contributed by atoms with E-state index in [2.05, 4.69) is 37.9 Å². The van der Waals surface area contributed by atoms with Crippen LogP contribution in [0.5, 0.6) is 0 Å². The maximum atomic E-state index is 12.0. The van der Waals surface area contributed by atoms with Crippen LogP contribution in [0.25, 0.3) is 0 Å². The molecule has 2 aliphatic carbocycles. The van der Waals surface area contributed by atoms with Crippen LogP contribution in [0.4, 0.5) is 0 Å². The first kappa shape index (κ1) is 15.8. The van der Waals surface area contributed by atoms with Gasteiger partial charge in [-0.05, 0) is 51.9 Å². The summed E-state index contributed by atoms with van der Waals surface area (Å²) in [5.74, 6) is 0.498. The van der Waals surface area contributed by atoms with E-state index in [0.29, 0.717) is 24.0 Å². The molecular formula is C16H31N3O. The Bertz CT molecular complexity index is 352. The van der Waals surface area contributed by atoms with E-state index in [9.17, 15) is 4.79 Å². The number of primary amides is 1. The summed E-state index contributed by atoms with van der Waals surface area (Å²) in [6.45, 7) is 10.1. The molecule has 0 radical (unpaired) electrons. The van der Waals surface area contributed by atoms with Crippen LogP contribution in [-0.2, 0) is 4.79 Å². The fourth-order valence-corrected chi connectivity index (χ4v) is 3.55. The zero-order chi connectivity index (χ0) is 14.9. The smallest absolute Gasteiger partial charge is 0.237 e. The molecule has 2 fully saturated rings. The Balaban J connectivity index is 2.05. The van der Waals surface area contributed by atoms with Crippen LogP contribution in [0.15, 0.2) is 0 Å². The number of nitrogens with two attached hydrogens (primary N) is 1. The number of nitrogens with one attached hydrogen (secondary N) is 1. The van der Waals surface area contributed by atoms with Crippen molar-refractivity contribution in [3.63, 3.8) is 0 Å². The summed E-state index contributed by atoms with van der Waals surface area (Å²) in [5.41, 5.74) is 5.28. The molecule has 4 nitrogen and oxygen atoms in total. The second kappa shape index (κ2) is 6.02. The Morgan fingerprint density at radius 1 is 1.30 bits per heavy atom. The van der Waals surface area contributed by atoms with Crippen LogP contribution in [0.1, 0.15) is 59.8 Å². The lowest BCUT2D eigenvalue weighted by Gasteiger charge is -2.35. The highest BCUT2D eigenvalue weighted by Gasteiger charge is 2.48. The summed E-state index contributed by atoms with van der Waals surface area (Å²) in [6.07, 6.45) is 5.24. The minimum atomic E-state index is -0.448. The Kier molecular flexibility index (Phi) is 4.75. The molecule has 2 saturated carbocycles. The normalized spacial score (nSPS) is 30.6. The second-order valence-electron chi connectivity index (χ2n) is 7.45. The first-order chi connectivity index (χ1) is 9.34. The fourth-order valence-electron chi connectivity index (χ4n) is 3.55. The number of amides is 1. The minimum Gasteiger partial charge on any atom is -0.368 e. The van der Waals surface area contributed by atoms with Crippen LogP contribution < -0.4 is 11.1 Å². The van der Waals surface area contributed by atoms with Gasteiger partial charge in [0.15, 0.2) is 0 Å². The van der Waals surface area contributed by atoms with Crippen molar-refractivity contribution in [2.75, 3.05) is 6.54 Å². The highest BCUT2D eigenvalue weighted by molar-refractivity contribution is 5.85. The highest BCUT2D eigenvalue weighted by atomic mass is 16.1. The average molecular weight is 281 g/mol. The van der Waals surface area contributed by atoms with E-state index < -0.39 is 5.54 Å². The van der Waals surface area contributed by atoms with Crippen molar-refractivity contribution < 1.29 is 4.79 Å². The zero-order valence-corrected chi connectivity index (χ0v) is 13.5. The van der Waals surface area contributed by atoms with Gasteiger partial charge >= 0.3 is 0 Å². The topological polar surface area (TPSA) is 58.4 Å². The van der Waals surface area contributed by atoms with E-state index in [1.807, 2.05) is 0 Å². The van der Waals surface area contributed by atoms with Gasteiger partial charge in [-0.1, -0.05) is 13.8 Å². The van der Waals surface area contributed by atoms with Gasteiger partial charge in [-0.3, -0.25) is 9.69 Å². The number of carbonyl (C=O) groups excluding carboxylic acids is 1. The maximum absolute atomic E-state index is 12.0. The van der Waals surface area contributed by atoms with Gasteiger partial charge in [0.05, 0.1) is 5.54 Å². The molecule has 2 atom stereocenters. The predicted octanol–water partition coefficient (Wildman–Crippen LogP) is 1.88. The van der Waals surface area contributed by atoms with E-state index in [1.54, 1.807) is 0 Å². The van der Waals surface area contributed by atoms with E-state index in [4.69, 9.17) is 5.73 Å². The molecule has 0 saturated heterocycles. The summed E-state index contributed by atoms with van der Waals surface area (Å²) in [4.78, 5) is 14.5. The van der Waals surface area contributed by atoms with Gasteiger partial charge in [0.2, 0.25) is 5.91 Å². The van der Waals surface area contributed by atoms with E-state index in [0.717, 1.165) is 25.8 Å². The first-order valence-electron chi connectivity index (χ1n) is 8.17. The molecule has 2 aliphatic rings. The average Bonchev–Trinajstić information content (AvgIpc) is 3.03. The Morgan fingerprint density at radius 3 is 2.40 bits per heavy atom. The third kappa shape index (κ3) is 3.53. The van der Waals surface area contributed by atoms with Gasteiger partial charge in [-0.15, -0.1) is 0 Å². The van der Waals surface area contributed by atoms with Crippen molar-refractivity contribution in [2.45, 2.75) is 83.5 Å². The van der Waals surface area contributed by atoms with Crippen LogP contribution in [-0.4, -0.2) is 41.0 Å². The molecule has 2 rings (SSSR count). The number of hydrogen-bond acceptors (Lipinski definition) is 3. The lowest BCUT2D eigenvalue weighted by atomic mass is 9.95. The molecule has 4 heteroatoms. The monoisotopic (exact) mass is 281 g/mol. The molecule has 3 N–H and O–H groups in total. The third-order valence-corrected chi connectivity index (χ3v) is 4.73. The van der Waals surface area contributed by atoms with Crippen LogP contribution >= 0.6 is 0 Å². The van der Waals surface area contributed by atoms with E-state index >= 15 is 0 Å². The standard InChI is InChI=1S/C16H31N3O/c1-11(2)10-19(12(3)4)14-7-8-16(9-14,15(17)20)18-13-5-6-13/h11-14,18H,5-10H2,1-4H3,(H2,17,20). The Morgan fingerprint density at radius 2 is 1.95 bits per heavy atom. The predicted molar refractivity (Wildman–Crippen MR) is 82.4 cm³/mol. The second-order valence-corrected chi connectivity index (χ2v) is 7.45. The van der Waals surface area contributed by atoms with Gasteiger partial charge in [0, 0.05) is 24.7 Å². The summed E-state index contributed by atoms with van der Waals surface area (Å²) < 4.78 is 0. The van der Waals surface area contributed by atoms with Crippen molar-refractivity contribution in [1.29, 1.82) is 0 Å². The highest BCUT2D eigenvalue weighted by Crippen LogP contribution is 2.37. The summed E-state index contributed by atoms with van der Waals surface area (Å²) >= 11 is 0. The number of carbonyl (C=O) groups is 1. The quantitative estimate of drug-likeness (QED) is 0.749. The summed E-state index contributed by atoms with van der Waals surface area (Å²) in [5, 5.41) is 3.54. The van der Waals surface area contributed by atoms with E-state index in [-0.39, 0.29) is 5.91 Å². The lowest BCUT2D eigenvalue weighted by molar-refractivity contribution is -0.124. The summed E-state index contributed by atoms with van der Waals surface area (Å²) in [6, 6.07) is 1.53. The van der Waals surface area contributed by atoms with E-state index in [1.165, 1.54) is 12.8 Å². The first-order valence-corrected chi connectivity index (χ1v) is 8.17. The summed E-state index contributed by atoms with van der Waals surface area (Å²) in [7, 11) is 0. The lowest BCUT2D eigenvalue weighted by Crippen LogP contribution is -2.55. The number of nitrogens with zero attached hydrogens (tertiary/aromatic N) is 1. The molecule has 1 amide bonds. The molecule has 0 aromatic rings. The molecule has 2 unspecified atom stereocenters. The molecule has 0 bridgehead atoms. The van der Waals surface area contributed by atoms with Crippen molar-refractivity contribution >= 4 is 5.91 Å². The van der Waals surface area contributed by atoms with Crippen molar-refractivity contribution in [1.82, 2.24) is 10.2 Å². The number of hydrogen-bond donors (Lipinski definition) is 2. The maximum Gasteiger partial charge on any atom is 0.237 e. The zero-order valence-electron chi connectivity index (χ0n) is 13.5. The minimum absolute atomic E-state index is 0.153. The van der Waals surface area contributed by atoms with Gasteiger partial charge < -0.3 is 11.1 Å². The fraction of sp³-hybridized carbons (Fsp3) is 0.938. The molecule has 0 spiro atoms. The SMILES string of the molecule is CC(C)CN(C(C)C)C1CCC(NC2CC2)(C(N)=O)C1. The van der Waals surface area contributed by atoms with Crippen molar-refractivity contribution in [2.24, 2.45) is 11.7 Å². The largest absolute Gasteiger partial charge is 0.368 e. The molecule has 0 aliphatic heterocycles. The molecule has 0 aromatic carbocycles. The van der Waals surface area contributed by atoms with Crippen molar-refractivity contribution in [3.8, 4) is 0 Å². The van der Waals surface area contributed by atoms with Crippen LogP contribution in [0.2, 0.25) is 0 Å².